The summed E-state index contributed by atoms with van der Waals surface area (Å²) in [5.74, 6) is 0.685. The van der Waals surface area contributed by atoms with Gasteiger partial charge in [0.2, 0.25) is 0 Å². The predicted octanol–water partition coefficient (Wildman–Crippen LogP) is 1.35. The Hall–Kier alpha value is -0.610. The minimum atomic E-state index is 0.184. The first-order valence-electron chi connectivity index (χ1n) is 3.41. The molecule has 0 saturated carbocycles. The third kappa shape index (κ3) is 1.32. The Morgan fingerprint density at radius 2 is 2.33 bits per heavy atom. The fourth-order valence-corrected chi connectivity index (χ4v) is 2.17. The van der Waals surface area contributed by atoms with Crippen LogP contribution in [0.3, 0.4) is 0 Å². The highest BCUT2D eigenvalue weighted by Crippen LogP contribution is 2.29. The van der Waals surface area contributed by atoms with Crippen LogP contribution >= 0.6 is 23.4 Å². The fourth-order valence-electron chi connectivity index (χ4n) is 1.05. The SMILES string of the molecule is O=C1CSc2ncnc(Cl)c2C1. The molecule has 3 nitrogen and oxygen atoms in total. The quantitative estimate of drug-likeness (QED) is 0.593. The van der Waals surface area contributed by atoms with Gasteiger partial charge in [0, 0.05) is 12.0 Å². The second-order valence-electron chi connectivity index (χ2n) is 2.45. The summed E-state index contributed by atoms with van der Waals surface area (Å²) in [5.41, 5.74) is 0.778. The van der Waals surface area contributed by atoms with Crippen LogP contribution in [0.25, 0.3) is 0 Å². The van der Waals surface area contributed by atoms with Crippen LogP contribution in [0.5, 0.6) is 0 Å². The van der Waals surface area contributed by atoms with E-state index in [1.54, 1.807) is 0 Å². The van der Waals surface area contributed by atoms with Gasteiger partial charge < -0.3 is 0 Å². The molecule has 1 aromatic heterocycles. The number of hydrogen-bond acceptors (Lipinski definition) is 4. The van der Waals surface area contributed by atoms with E-state index in [1.807, 2.05) is 0 Å². The fraction of sp³-hybridized carbons (Fsp3) is 0.286. The number of carbonyl (C=O) groups is 1. The molecule has 12 heavy (non-hydrogen) atoms. The van der Waals surface area contributed by atoms with Crippen LogP contribution in [-0.2, 0) is 11.2 Å². The molecule has 0 aliphatic carbocycles. The van der Waals surface area contributed by atoms with E-state index in [0.29, 0.717) is 17.3 Å². The van der Waals surface area contributed by atoms with Crippen molar-refractivity contribution in [2.24, 2.45) is 0 Å². The highest BCUT2D eigenvalue weighted by atomic mass is 35.5. The minimum Gasteiger partial charge on any atom is -0.298 e. The molecule has 0 radical (unpaired) electrons. The maximum atomic E-state index is 11.0. The van der Waals surface area contributed by atoms with Crippen molar-refractivity contribution in [1.29, 1.82) is 0 Å². The summed E-state index contributed by atoms with van der Waals surface area (Å²) >= 11 is 7.22. The Morgan fingerprint density at radius 3 is 3.17 bits per heavy atom. The monoisotopic (exact) mass is 200 g/mol. The molecule has 0 unspecified atom stereocenters. The third-order valence-electron chi connectivity index (χ3n) is 1.60. The first-order chi connectivity index (χ1) is 5.77. The molecule has 1 aliphatic rings. The van der Waals surface area contributed by atoms with E-state index in [2.05, 4.69) is 9.97 Å². The largest absolute Gasteiger partial charge is 0.298 e. The molecule has 0 amide bonds. The van der Waals surface area contributed by atoms with Gasteiger partial charge in [0.05, 0.1) is 5.75 Å². The third-order valence-corrected chi connectivity index (χ3v) is 3.01. The minimum absolute atomic E-state index is 0.184. The summed E-state index contributed by atoms with van der Waals surface area (Å²) in [6.45, 7) is 0. The lowest BCUT2D eigenvalue weighted by molar-refractivity contribution is -0.116. The number of aromatic nitrogens is 2. The molecular formula is C7H5ClN2OS. The van der Waals surface area contributed by atoms with Gasteiger partial charge in [0.25, 0.3) is 0 Å². The lowest BCUT2D eigenvalue weighted by Crippen LogP contribution is -2.13. The predicted molar refractivity (Wildman–Crippen MR) is 46.5 cm³/mol. The first kappa shape index (κ1) is 8.01. The molecule has 62 valence electrons. The molecule has 1 aromatic rings. The number of thioether (sulfide) groups is 1. The van der Waals surface area contributed by atoms with Gasteiger partial charge in [-0.15, -0.1) is 0 Å². The van der Waals surface area contributed by atoms with Crippen molar-refractivity contribution in [3.8, 4) is 0 Å². The number of fused-ring (bicyclic) bond motifs is 1. The summed E-state index contributed by atoms with van der Waals surface area (Å²) in [6.07, 6.45) is 1.80. The maximum Gasteiger partial charge on any atom is 0.147 e. The van der Waals surface area contributed by atoms with Crippen LogP contribution in [0.4, 0.5) is 0 Å². The van der Waals surface area contributed by atoms with Crippen molar-refractivity contribution in [3.63, 3.8) is 0 Å². The number of ketones is 1. The number of halogens is 1. The second-order valence-corrected chi connectivity index (χ2v) is 3.77. The average Bonchev–Trinajstić information content (AvgIpc) is 2.07. The number of hydrogen-bond donors (Lipinski definition) is 0. The van der Waals surface area contributed by atoms with E-state index in [9.17, 15) is 4.79 Å². The van der Waals surface area contributed by atoms with Crippen LogP contribution in [-0.4, -0.2) is 21.5 Å². The zero-order chi connectivity index (χ0) is 8.55. The van der Waals surface area contributed by atoms with E-state index in [4.69, 9.17) is 11.6 Å². The summed E-state index contributed by atoms with van der Waals surface area (Å²) in [5, 5.41) is 1.25. The maximum absolute atomic E-state index is 11.0. The van der Waals surface area contributed by atoms with Gasteiger partial charge in [-0.25, -0.2) is 9.97 Å². The first-order valence-corrected chi connectivity index (χ1v) is 4.77. The van der Waals surface area contributed by atoms with Crippen molar-refractivity contribution in [2.45, 2.75) is 11.4 Å². The standard InChI is InChI=1S/C7H5ClN2OS/c8-6-5-1-4(11)2-12-7(5)10-3-9-6/h3H,1-2H2. The van der Waals surface area contributed by atoms with Crippen LogP contribution in [0.15, 0.2) is 11.4 Å². The molecule has 2 rings (SSSR count). The normalized spacial score (nSPS) is 15.9. The van der Waals surface area contributed by atoms with E-state index >= 15 is 0 Å². The van der Waals surface area contributed by atoms with Crippen molar-refractivity contribution >= 4 is 29.1 Å². The molecular weight excluding hydrogens is 196 g/mol. The average molecular weight is 201 g/mol. The molecule has 0 atom stereocenters. The Bertz CT molecular complexity index is 342. The molecule has 0 spiro atoms. The molecule has 1 aliphatic heterocycles. The van der Waals surface area contributed by atoms with Crippen LogP contribution in [0.2, 0.25) is 5.15 Å². The van der Waals surface area contributed by atoms with Gasteiger partial charge in [-0.2, -0.15) is 0 Å². The van der Waals surface area contributed by atoms with Gasteiger partial charge >= 0.3 is 0 Å². The Balaban J connectivity index is 2.50. The number of Topliss-reactive ketones (excluding diaryl/α,β-unsaturated/α-hetero) is 1. The summed E-state index contributed by atoms with van der Waals surface area (Å²) < 4.78 is 0. The van der Waals surface area contributed by atoms with E-state index in [-0.39, 0.29) is 5.78 Å². The van der Waals surface area contributed by atoms with Gasteiger partial charge in [0.1, 0.15) is 22.3 Å². The zero-order valence-electron chi connectivity index (χ0n) is 6.08. The second kappa shape index (κ2) is 3.03. The number of rotatable bonds is 0. The Morgan fingerprint density at radius 1 is 1.50 bits per heavy atom. The number of carbonyl (C=O) groups excluding carboxylic acids is 1. The molecule has 0 saturated heterocycles. The molecule has 0 aromatic carbocycles. The van der Waals surface area contributed by atoms with E-state index < -0.39 is 0 Å². The highest BCUT2D eigenvalue weighted by molar-refractivity contribution is 8.00. The van der Waals surface area contributed by atoms with Crippen molar-refractivity contribution in [2.75, 3.05) is 5.75 Å². The lowest BCUT2D eigenvalue weighted by atomic mass is 10.2. The van der Waals surface area contributed by atoms with E-state index in [0.717, 1.165) is 10.6 Å². The van der Waals surface area contributed by atoms with Crippen LogP contribution in [0, 0.1) is 0 Å². The summed E-state index contributed by atoms with van der Waals surface area (Å²) in [7, 11) is 0. The zero-order valence-corrected chi connectivity index (χ0v) is 7.65. The number of nitrogens with zero attached hydrogens (tertiary/aromatic N) is 2. The van der Waals surface area contributed by atoms with Gasteiger partial charge in [-0.1, -0.05) is 23.4 Å². The summed E-state index contributed by atoms with van der Waals surface area (Å²) in [4.78, 5) is 18.9. The highest BCUT2D eigenvalue weighted by Gasteiger charge is 2.19. The van der Waals surface area contributed by atoms with Crippen molar-refractivity contribution in [3.05, 3.63) is 17.0 Å². The molecule has 5 heteroatoms. The topological polar surface area (TPSA) is 42.9 Å². The van der Waals surface area contributed by atoms with Crippen LogP contribution < -0.4 is 0 Å². The smallest absolute Gasteiger partial charge is 0.147 e. The van der Waals surface area contributed by atoms with E-state index in [1.165, 1.54) is 18.1 Å². The molecule has 2 heterocycles. The summed E-state index contributed by atoms with van der Waals surface area (Å²) in [6, 6.07) is 0. The Kier molecular flexibility index (Phi) is 2.02. The Labute approximate surface area is 78.5 Å². The van der Waals surface area contributed by atoms with Gasteiger partial charge in [0.15, 0.2) is 0 Å². The lowest BCUT2D eigenvalue weighted by Gasteiger charge is -2.12. The van der Waals surface area contributed by atoms with Gasteiger partial charge in [-0.05, 0) is 0 Å². The molecule has 0 fully saturated rings. The molecule has 0 N–H and O–H groups in total. The van der Waals surface area contributed by atoms with Crippen molar-refractivity contribution in [1.82, 2.24) is 9.97 Å². The van der Waals surface area contributed by atoms with Gasteiger partial charge in [-0.3, -0.25) is 4.79 Å². The molecule has 0 bridgehead atoms. The van der Waals surface area contributed by atoms with Crippen LogP contribution in [0.1, 0.15) is 5.56 Å². The van der Waals surface area contributed by atoms with Crippen molar-refractivity contribution < 1.29 is 4.79 Å².